The maximum absolute atomic E-state index is 13.2. The van der Waals surface area contributed by atoms with E-state index in [2.05, 4.69) is 15.5 Å². The van der Waals surface area contributed by atoms with Gasteiger partial charge in [0.2, 0.25) is 0 Å². The third-order valence-corrected chi connectivity index (χ3v) is 3.62. The molecule has 0 saturated heterocycles. The standard InChI is InChI=1S/C15H14FN3O3/c1-7-13(8(2)19-18-7)17-14(20)12-5-9-3-4-10(16)6-11(9)15(21)22-12/h3-4,6,12H,5H2,1-2H3,(H,17,20)(H,18,19). The van der Waals surface area contributed by atoms with Crippen molar-refractivity contribution in [2.45, 2.75) is 26.4 Å². The topological polar surface area (TPSA) is 84.1 Å². The Labute approximate surface area is 125 Å². The summed E-state index contributed by atoms with van der Waals surface area (Å²) < 4.78 is 18.3. The van der Waals surface area contributed by atoms with E-state index in [4.69, 9.17) is 4.74 Å². The first-order valence-electron chi connectivity index (χ1n) is 6.77. The molecule has 1 aromatic heterocycles. The van der Waals surface area contributed by atoms with Crippen molar-refractivity contribution in [2.24, 2.45) is 0 Å². The van der Waals surface area contributed by atoms with Gasteiger partial charge in [0.05, 0.1) is 22.6 Å². The maximum Gasteiger partial charge on any atom is 0.339 e. The monoisotopic (exact) mass is 303 g/mol. The van der Waals surface area contributed by atoms with E-state index >= 15 is 0 Å². The predicted octanol–water partition coefficient (Wildman–Crippen LogP) is 1.89. The van der Waals surface area contributed by atoms with Crippen molar-refractivity contribution in [1.82, 2.24) is 10.2 Å². The van der Waals surface area contributed by atoms with Crippen LogP contribution in [0.5, 0.6) is 0 Å². The summed E-state index contributed by atoms with van der Waals surface area (Å²) in [5.41, 5.74) is 2.70. The Hall–Kier alpha value is -2.70. The molecule has 0 bridgehead atoms. The number of benzene rings is 1. The molecular weight excluding hydrogens is 289 g/mol. The summed E-state index contributed by atoms with van der Waals surface area (Å²) in [5, 5.41) is 9.45. The molecule has 0 fully saturated rings. The second kappa shape index (κ2) is 5.25. The smallest absolute Gasteiger partial charge is 0.339 e. The molecule has 7 heteroatoms. The Kier molecular flexibility index (Phi) is 3.40. The summed E-state index contributed by atoms with van der Waals surface area (Å²) in [4.78, 5) is 24.2. The molecule has 22 heavy (non-hydrogen) atoms. The second-order valence-corrected chi connectivity index (χ2v) is 5.20. The van der Waals surface area contributed by atoms with Crippen LogP contribution < -0.4 is 5.32 Å². The molecule has 1 amide bonds. The molecule has 2 aromatic rings. The Morgan fingerprint density at radius 1 is 1.45 bits per heavy atom. The first kappa shape index (κ1) is 14.2. The molecule has 6 nitrogen and oxygen atoms in total. The fourth-order valence-electron chi connectivity index (χ4n) is 2.44. The van der Waals surface area contributed by atoms with Gasteiger partial charge in [0.15, 0.2) is 6.10 Å². The number of ether oxygens (including phenoxy) is 1. The first-order valence-corrected chi connectivity index (χ1v) is 6.77. The van der Waals surface area contributed by atoms with Gasteiger partial charge in [0.1, 0.15) is 5.82 Å². The van der Waals surface area contributed by atoms with Crippen LogP contribution in [-0.4, -0.2) is 28.2 Å². The van der Waals surface area contributed by atoms with Gasteiger partial charge in [-0.05, 0) is 31.5 Å². The third-order valence-electron chi connectivity index (χ3n) is 3.62. The Morgan fingerprint density at radius 3 is 2.91 bits per heavy atom. The lowest BCUT2D eigenvalue weighted by molar-refractivity contribution is -0.125. The number of aromatic nitrogens is 2. The van der Waals surface area contributed by atoms with Gasteiger partial charge in [-0.25, -0.2) is 9.18 Å². The summed E-state index contributed by atoms with van der Waals surface area (Å²) in [6.07, 6.45) is -0.734. The number of nitrogens with one attached hydrogen (secondary N) is 2. The number of aryl methyl sites for hydroxylation is 2. The van der Waals surface area contributed by atoms with Crippen molar-refractivity contribution >= 4 is 17.6 Å². The van der Waals surface area contributed by atoms with Crippen molar-refractivity contribution in [2.75, 3.05) is 5.32 Å². The summed E-state index contributed by atoms with van der Waals surface area (Å²) >= 11 is 0. The quantitative estimate of drug-likeness (QED) is 0.830. The molecule has 1 atom stereocenters. The lowest BCUT2D eigenvalue weighted by Crippen LogP contribution is -2.38. The van der Waals surface area contributed by atoms with Gasteiger partial charge >= 0.3 is 5.97 Å². The van der Waals surface area contributed by atoms with Crippen molar-refractivity contribution in [3.8, 4) is 0 Å². The van der Waals surface area contributed by atoms with Gasteiger partial charge in [0.25, 0.3) is 5.91 Å². The van der Waals surface area contributed by atoms with Crippen LogP contribution in [0.2, 0.25) is 0 Å². The molecule has 2 heterocycles. The molecule has 3 rings (SSSR count). The van der Waals surface area contributed by atoms with E-state index in [0.717, 1.165) is 11.8 Å². The van der Waals surface area contributed by atoms with E-state index < -0.39 is 23.8 Å². The molecule has 1 unspecified atom stereocenters. The van der Waals surface area contributed by atoms with Crippen LogP contribution >= 0.6 is 0 Å². The number of aromatic amines is 1. The fourth-order valence-corrected chi connectivity index (χ4v) is 2.44. The number of hydrogen-bond donors (Lipinski definition) is 2. The number of fused-ring (bicyclic) bond motifs is 1. The molecule has 1 aromatic carbocycles. The van der Waals surface area contributed by atoms with Crippen LogP contribution in [0.4, 0.5) is 10.1 Å². The van der Waals surface area contributed by atoms with Crippen LogP contribution in [0.3, 0.4) is 0 Å². The number of H-pyrrole nitrogens is 1. The van der Waals surface area contributed by atoms with Crippen molar-refractivity contribution in [1.29, 1.82) is 0 Å². The molecular formula is C15H14FN3O3. The first-order chi connectivity index (χ1) is 10.5. The SMILES string of the molecule is Cc1n[nH]c(C)c1NC(=O)C1Cc2ccc(F)cc2C(=O)O1. The molecule has 0 aliphatic carbocycles. The number of carbonyl (C=O) groups is 2. The minimum atomic E-state index is -0.945. The summed E-state index contributed by atoms with van der Waals surface area (Å²) in [5.74, 6) is -1.64. The molecule has 2 N–H and O–H groups in total. The number of nitrogens with zero attached hydrogens (tertiary/aromatic N) is 1. The molecule has 114 valence electrons. The van der Waals surface area contributed by atoms with Gasteiger partial charge in [-0.15, -0.1) is 0 Å². The van der Waals surface area contributed by atoms with E-state index in [0.29, 0.717) is 16.9 Å². The van der Waals surface area contributed by atoms with Gasteiger partial charge in [-0.2, -0.15) is 5.10 Å². The van der Waals surface area contributed by atoms with Crippen LogP contribution in [-0.2, 0) is 16.0 Å². The summed E-state index contributed by atoms with van der Waals surface area (Å²) in [6.45, 7) is 3.53. The van der Waals surface area contributed by atoms with Crippen LogP contribution in [0, 0.1) is 19.7 Å². The minimum Gasteiger partial charge on any atom is -0.448 e. The average Bonchev–Trinajstić information content (AvgIpc) is 2.79. The number of esters is 1. The molecule has 0 saturated carbocycles. The largest absolute Gasteiger partial charge is 0.448 e. The minimum absolute atomic E-state index is 0.166. The maximum atomic E-state index is 13.2. The highest BCUT2D eigenvalue weighted by Gasteiger charge is 2.32. The zero-order valence-corrected chi connectivity index (χ0v) is 12.1. The molecule has 1 aliphatic rings. The van der Waals surface area contributed by atoms with Gasteiger partial charge in [-0.3, -0.25) is 9.89 Å². The highest BCUT2D eigenvalue weighted by atomic mass is 19.1. The normalized spacial score (nSPS) is 16.9. The predicted molar refractivity (Wildman–Crippen MR) is 76.0 cm³/mol. The van der Waals surface area contributed by atoms with Crippen LogP contribution in [0.25, 0.3) is 0 Å². The van der Waals surface area contributed by atoms with Crippen LogP contribution in [0.1, 0.15) is 27.3 Å². The molecule has 0 radical (unpaired) electrons. The second-order valence-electron chi connectivity index (χ2n) is 5.20. The summed E-state index contributed by atoms with van der Waals surface area (Å²) in [6, 6.07) is 3.88. The highest BCUT2D eigenvalue weighted by Crippen LogP contribution is 2.23. The van der Waals surface area contributed by atoms with Gasteiger partial charge < -0.3 is 10.1 Å². The van der Waals surface area contributed by atoms with Crippen molar-refractivity contribution in [3.05, 3.63) is 46.5 Å². The third kappa shape index (κ3) is 2.45. The Balaban J connectivity index is 1.81. The van der Waals surface area contributed by atoms with Crippen LogP contribution in [0.15, 0.2) is 18.2 Å². The van der Waals surface area contributed by atoms with E-state index in [-0.39, 0.29) is 12.0 Å². The molecule has 0 spiro atoms. The lowest BCUT2D eigenvalue weighted by atomic mass is 9.98. The molecule has 1 aliphatic heterocycles. The number of anilines is 1. The zero-order chi connectivity index (χ0) is 15.9. The van der Waals surface area contributed by atoms with Gasteiger partial charge in [0, 0.05) is 6.42 Å². The number of carbonyl (C=O) groups excluding carboxylic acids is 2. The number of amides is 1. The highest BCUT2D eigenvalue weighted by molar-refractivity contribution is 6.00. The summed E-state index contributed by atoms with van der Waals surface area (Å²) in [7, 11) is 0. The van der Waals surface area contributed by atoms with Gasteiger partial charge in [-0.1, -0.05) is 6.07 Å². The Bertz CT molecular complexity index is 750. The van der Waals surface area contributed by atoms with E-state index in [1.54, 1.807) is 13.8 Å². The van der Waals surface area contributed by atoms with E-state index in [1.165, 1.54) is 12.1 Å². The zero-order valence-electron chi connectivity index (χ0n) is 12.1. The number of halogens is 1. The van der Waals surface area contributed by atoms with E-state index in [9.17, 15) is 14.0 Å². The number of cyclic esters (lactones) is 1. The fraction of sp³-hybridized carbons (Fsp3) is 0.267. The lowest BCUT2D eigenvalue weighted by Gasteiger charge is -2.23. The number of rotatable bonds is 2. The van der Waals surface area contributed by atoms with Crippen molar-refractivity contribution in [3.63, 3.8) is 0 Å². The Morgan fingerprint density at radius 2 is 2.23 bits per heavy atom. The average molecular weight is 303 g/mol. The number of hydrogen-bond acceptors (Lipinski definition) is 4. The van der Waals surface area contributed by atoms with E-state index in [1.807, 2.05) is 0 Å². The van der Waals surface area contributed by atoms with Crippen molar-refractivity contribution < 1.29 is 18.7 Å².